The van der Waals surface area contributed by atoms with Crippen LogP contribution in [0.2, 0.25) is 5.02 Å². The number of carbonyl (C=O) groups is 1. The number of nitrogens with zero attached hydrogens (tertiary/aromatic N) is 2. The van der Waals surface area contributed by atoms with Crippen LogP contribution in [0.3, 0.4) is 0 Å². The standard InChI is InChI=1S/C23H18ClN3O4/c24-17-12-10-16(11-13-17)23-26-22(31-27-23)15-30-20-9-5-4-8-19(20)25-21(28)14-29-18-6-2-1-3-7-18/h1-13H,14-15H2,(H,25,28). The normalized spacial score (nSPS) is 10.5. The maximum atomic E-state index is 12.3. The van der Waals surface area contributed by atoms with Crippen molar-refractivity contribution in [2.45, 2.75) is 6.61 Å². The van der Waals surface area contributed by atoms with Crippen molar-refractivity contribution < 1.29 is 18.8 Å². The molecule has 1 heterocycles. The number of para-hydroxylation sites is 3. The number of aromatic nitrogens is 2. The van der Waals surface area contributed by atoms with Crippen molar-refractivity contribution in [3.8, 4) is 22.9 Å². The Hall–Kier alpha value is -3.84. The van der Waals surface area contributed by atoms with Gasteiger partial charge in [0.2, 0.25) is 5.82 Å². The van der Waals surface area contributed by atoms with Crippen LogP contribution in [0.25, 0.3) is 11.4 Å². The number of ether oxygens (including phenoxy) is 2. The van der Waals surface area contributed by atoms with E-state index in [-0.39, 0.29) is 19.1 Å². The van der Waals surface area contributed by atoms with E-state index in [1.165, 1.54) is 0 Å². The third-order valence-electron chi connectivity index (χ3n) is 4.20. The molecule has 0 aliphatic rings. The second-order valence-corrected chi connectivity index (χ2v) is 6.89. The Balaban J connectivity index is 1.35. The largest absolute Gasteiger partial charge is 0.484 e. The number of nitrogens with one attached hydrogen (secondary N) is 1. The van der Waals surface area contributed by atoms with Crippen LogP contribution in [-0.4, -0.2) is 22.7 Å². The molecule has 31 heavy (non-hydrogen) atoms. The second kappa shape index (κ2) is 9.77. The summed E-state index contributed by atoms with van der Waals surface area (Å²) in [6.45, 7) is -0.0690. The van der Waals surface area contributed by atoms with Crippen LogP contribution in [-0.2, 0) is 11.4 Å². The van der Waals surface area contributed by atoms with Crippen molar-refractivity contribution >= 4 is 23.2 Å². The van der Waals surface area contributed by atoms with Crippen molar-refractivity contribution in [3.05, 3.63) is 89.8 Å². The van der Waals surface area contributed by atoms with Gasteiger partial charge in [0.1, 0.15) is 11.5 Å². The lowest BCUT2D eigenvalue weighted by Gasteiger charge is -2.11. The van der Waals surface area contributed by atoms with E-state index >= 15 is 0 Å². The van der Waals surface area contributed by atoms with Gasteiger partial charge in [0.15, 0.2) is 13.2 Å². The van der Waals surface area contributed by atoms with Crippen LogP contribution >= 0.6 is 11.6 Å². The summed E-state index contributed by atoms with van der Waals surface area (Å²) in [5.41, 5.74) is 1.30. The quantitative estimate of drug-likeness (QED) is 0.419. The number of benzene rings is 3. The SMILES string of the molecule is O=C(COc1ccccc1)Nc1ccccc1OCc1nc(-c2ccc(Cl)cc2)no1. The highest BCUT2D eigenvalue weighted by Crippen LogP contribution is 2.25. The number of hydrogen-bond donors (Lipinski definition) is 1. The van der Waals surface area contributed by atoms with E-state index in [2.05, 4.69) is 15.5 Å². The second-order valence-electron chi connectivity index (χ2n) is 6.45. The molecule has 8 heteroatoms. The minimum Gasteiger partial charge on any atom is -0.484 e. The van der Waals surface area contributed by atoms with Gasteiger partial charge in [-0.3, -0.25) is 4.79 Å². The molecule has 0 fully saturated rings. The summed E-state index contributed by atoms with van der Waals surface area (Å²) in [5.74, 6) is 1.54. The lowest BCUT2D eigenvalue weighted by atomic mass is 10.2. The summed E-state index contributed by atoms with van der Waals surface area (Å²) in [6.07, 6.45) is 0. The molecule has 7 nitrogen and oxygen atoms in total. The van der Waals surface area contributed by atoms with Gasteiger partial charge in [-0.2, -0.15) is 4.98 Å². The molecule has 0 aliphatic carbocycles. The average molecular weight is 436 g/mol. The van der Waals surface area contributed by atoms with Gasteiger partial charge in [-0.15, -0.1) is 0 Å². The number of hydrogen-bond acceptors (Lipinski definition) is 6. The Kier molecular flexibility index (Phi) is 6.44. The highest BCUT2D eigenvalue weighted by Gasteiger charge is 2.12. The minimum absolute atomic E-state index is 0.0496. The fraction of sp³-hybridized carbons (Fsp3) is 0.0870. The van der Waals surface area contributed by atoms with E-state index in [0.29, 0.717) is 33.9 Å². The summed E-state index contributed by atoms with van der Waals surface area (Å²) < 4.78 is 16.5. The fourth-order valence-electron chi connectivity index (χ4n) is 2.72. The Morgan fingerprint density at radius 3 is 2.48 bits per heavy atom. The molecule has 0 aliphatic heterocycles. The van der Waals surface area contributed by atoms with Gasteiger partial charge in [0.25, 0.3) is 11.8 Å². The summed E-state index contributed by atoms with van der Waals surface area (Å²) in [6, 6.07) is 23.3. The monoisotopic (exact) mass is 435 g/mol. The lowest BCUT2D eigenvalue weighted by molar-refractivity contribution is -0.118. The first-order valence-corrected chi connectivity index (χ1v) is 9.83. The molecular weight excluding hydrogens is 418 g/mol. The van der Waals surface area contributed by atoms with E-state index in [1.54, 1.807) is 60.7 Å². The van der Waals surface area contributed by atoms with Gasteiger partial charge < -0.3 is 19.3 Å². The topological polar surface area (TPSA) is 86.5 Å². The van der Waals surface area contributed by atoms with Crippen molar-refractivity contribution in [1.82, 2.24) is 10.1 Å². The highest BCUT2D eigenvalue weighted by molar-refractivity contribution is 6.30. The summed E-state index contributed by atoms with van der Waals surface area (Å²) in [4.78, 5) is 16.6. The van der Waals surface area contributed by atoms with Gasteiger partial charge in [-0.05, 0) is 48.5 Å². The van der Waals surface area contributed by atoms with Crippen molar-refractivity contribution in [2.24, 2.45) is 0 Å². The third-order valence-corrected chi connectivity index (χ3v) is 4.45. The molecular formula is C23H18ClN3O4. The van der Waals surface area contributed by atoms with Gasteiger partial charge in [-0.25, -0.2) is 0 Å². The van der Waals surface area contributed by atoms with E-state index in [1.807, 2.05) is 18.2 Å². The van der Waals surface area contributed by atoms with Gasteiger partial charge >= 0.3 is 0 Å². The predicted octanol–water partition coefficient (Wildman–Crippen LogP) is 4.99. The highest BCUT2D eigenvalue weighted by atomic mass is 35.5. The predicted molar refractivity (Wildman–Crippen MR) is 116 cm³/mol. The third kappa shape index (κ3) is 5.61. The van der Waals surface area contributed by atoms with Crippen LogP contribution < -0.4 is 14.8 Å². The molecule has 1 amide bonds. The van der Waals surface area contributed by atoms with Crippen LogP contribution in [0.4, 0.5) is 5.69 Å². The van der Waals surface area contributed by atoms with E-state index in [9.17, 15) is 4.79 Å². The number of anilines is 1. The molecule has 0 unspecified atom stereocenters. The molecule has 0 saturated carbocycles. The zero-order chi connectivity index (χ0) is 21.5. The lowest BCUT2D eigenvalue weighted by Crippen LogP contribution is -2.20. The minimum atomic E-state index is -0.303. The number of amides is 1. The number of rotatable bonds is 8. The smallest absolute Gasteiger partial charge is 0.264 e. The molecule has 0 radical (unpaired) electrons. The molecule has 1 N–H and O–H groups in total. The fourth-order valence-corrected chi connectivity index (χ4v) is 2.84. The number of carbonyl (C=O) groups excluding carboxylic acids is 1. The van der Waals surface area contributed by atoms with Crippen LogP contribution in [0.15, 0.2) is 83.4 Å². The first kappa shape index (κ1) is 20.4. The van der Waals surface area contributed by atoms with E-state index in [0.717, 1.165) is 5.56 Å². The maximum absolute atomic E-state index is 12.3. The van der Waals surface area contributed by atoms with Gasteiger partial charge in [-0.1, -0.05) is 47.1 Å². The van der Waals surface area contributed by atoms with Gasteiger partial charge in [0, 0.05) is 10.6 Å². The Morgan fingerprint density at radius 2 is 1.68 bits per heavy atom. The molecule has 4 rings (SSSR count). The number of halogens is 1. The molecule has 0 bridgehead atoms. The van der Waals surface area contributed by atoms with Crippen LogP contribution in [0, 0.1) is 0 Å². The van der Waals surface area contributed by atoms with E-state index in [4.69, 9.17) is 25.6 Å². The van der Waals surface area contributed by atoms with Gasteiger partial charge in [0.05, 0.1) is 5.69 Å². The average Bonchev–Trinajstić information content (AvgIpc) is 3.27. The molecule has 0 spiro atoms. The first-order chi connectivity index (χ1) is 15.2. The Morgan fingerprint density at radius 1 is 0.935 bits per heavy atom. The zero-order valence-corrected chi connectivity index (χ0v) is 17.1. The molecule has 0 atom stereocenters. The van der Waals surface area contributed by atoms with Crippen molar-refractivity contribution in [1.29, 1.82) is 0 Å². The zero-order valence-electron chi connectivity index (χ0n) is 16.3. The Labute approximate surface area is 183 Å². The first-order valence-electron chi connectivity index (χ1n) is 9.45. The van der Waals surface area contributed by atoms with E-state index < -0.39 is 0 Å². The van der Waals surface area contributed by atoms with Crippen molar-refractivity contribution in [2.75, 3.05) is 11.9 Å². The Bertz CT molecular complexity index is 1150. The summed E-state index contributed by atoms with van der Waals surface area (Å²) >= 11 is 5.90. The molecule has 4 aromatic rings. The maximum Gasteiger partial charge on any atom is 0.264 e. The van der Waals surface area contributed by atoms with Crippen molar-refractivity contribution in [3.63, 3.8) is 0 Å². The molecule has 156 valence electrons. The molecule has 1 aromatic heterocycles. The van der Waals surface area contributed by atoms with Crippen LogP contribution in [0.1, 0.15) is 5.89 Å². The summed E-state index contributed by atoms with van der Waals surface area (Å²) in [5, 5.41) is 7.37. The molecule has 0 saturated heterocycles. The summed E-state index contributed by atoms with van der Waals surface area (Å²) in [7, 11) is 0. The van der Waals surface area contributed by atoms with Crippen LogP contribution in [0.5, 0.6) is 11.5 Å². The molecule has 3 aromatic carbocycles.